The number of hydrogen-bond acceptors (Lipinski definition) is 3. The molecule has 4 aromatic rings. The number of hydrogen-bond donors (Lipinski definition) is 1. The summed E-state index contributed by atoms with van der Waals surface area (Å²) >= 11 is 0. The zero-order chi connectivity index (χ0) is 18.4. The van der Waals surface area contributed by atoms with Crippen LogP contribution in [-0.2, 0) is 0 Å². The van der Waals surface area contributed by atoms with Crippen LogP contribution in [0.25, 0.3) is 16.6 Å². The molecule has 0 radical (unpaired) electrons. The molecule has 1 aliphatic rings. The van der Waals surface area contributed by atoms with Gasteiger partial charge in [-0.05, 0) is 49.2 Å². The van der Waals surface area contributed by atoms with E-state index in [1.54, 1.807) is 12.1 Å². The molecule has 0 spiro atoms. The molecule has 5 rings (SSSR count). The van der Waals surface area contributed by atoms with Gasteiger partial charge >= 0.3 is 0 Å². The maximum absolute atomic E-state index is 13.4. The zero-order valence-electron chi connectivity index (χ0n) is 14.6. The molecule has 3 aromatic heterocycles. The molecule has 136 valence electrons. The van der Waals surface area contributed by atoms with Gasteiger partial charge in [-0.3, -0.25) is 9.20 Å². The van der Waals surface area contributed by atoms with E-state index in [1.807, 2.05) is 33.7 Å². The number of rotatable bonds is 2. The van der Waals surface area contributed by atoms with Gasteiger partial charge in [0.1, 0.15) is 17.3 Å². The third-order valence-corrected chi connectivity index (χ3v) is 5.23. The normalized spacial score (nSPS) is 17.7. The largest absolute Gasteiger partial charge is 0.351 e. The Bertz CT molecular complexity index is 1150. The lowest BCUT2D eigenvalue weighted by atomic mass is 9.97. The van der Waals surface area contributed by atoms with Crippen LogP contribution in [0.15, 0.2) is 48.7 Å². The van der Waals surface area contributed by atoms with E-state index in [9.17, 15) is 9.18 Å². The maximum atomic E-state index is 13.4. The second-order valence-electron chi connectivity index (χ2n) is 6.99. The van der Waals surface area contributed by atoms with Crippen molar-refractivity contribution in [1.82, 2.24) is 24.5 Å². The number of nitrogens with one attached hydrogen (secondary N) is 1. The number of H-pyrrole nitrogens is 1. The lowest BCUT2D eigenvalue weighted by Crippen LogP contribution is -2.39. The highest BCUT2D eigenvalue weighted by Crippen LogP contribution is 2.27. The number of halogens is 1. The molecule has 1 N–H and O–H groups in total. The smallest absolute Gasteiger partial charge is 0.270 e. The minimum atomic E-state index is -0.308. The van der Waals surface area contributed by atoms with E-state index in [1.165, 1.54) is 12.1 Å². The summed E-state index contributed by atoms with van der Waals surface area (Å²) in [6, 6.07) is 12.0. The first kappa shape index (κ1) is 16.0. The summed E-state index contributed by atoms with van der Waals surface area (Å²) < 4.78 is 15.4. The van der Waals surface area contributed by atoms with E-state index in [2.05, 4.69) is 15.2 Å². The zero-order valence-corrected chi connectivity index (χ0v) is 14.6. The first-order valence-corrected chi connectivity index (χ1v) is 9.06. The fourth-order valence-corrected chi connectivity index (χ4v) is 3.90. The molecule has 0 aliphatic carbocycles. The fraction of sp³-hybridized carbons (Fsp3) is 0.250. The number of aromatic nitrogens is 4. The highest BCUT2D eigenvalue weighted by molar-refractivity contribution is 5.98. The predicted octanol–water partition coefficient (Wildman–Crippen LogP) is 3.37. The molecule has 1 fully saturated rings. The van der Waals surface area contributed by atoms with Crippen LogP contribution < -0.4 is 0 Å². The van der Waals surface area contributed by atoms with E-state index < -0.39 is 0 Å². The summed E-state index contributed by atoms with van der Waals surface area (Å²) in [5.74, 6) is 0.658. The van der Waals surface area contributed by atoms with Crippen molar-refractivity contribution >= 4 is 22.5 Å². The van der Waals surface area contributed by atoms with Crippen LogP contribution in [0.5, 0.6) is 0 Å². The van der Waals surface area contributed by atoms with Gasteiger partial charge in [0, 0.05) is 36.1 Å². The van der Waals surface area contributed by atoms with Gasteiger partial charge in [-0.25, -0.2) is 4.39 Å². The lowest BCUT2D eigenvalue weighted by Gasteiger charge is -2.31. The molecule has 27 heavy (non-hydrogen) atoms. The van der Waals surface area contributed by atoms with Crippen molar-refractivity contribution in [2.24, 2.45) is 0 Å². The molecule has 6 nitrogen and oxygen atoms in total. The molecule has 1 amide bonds. The van der Waals surface area contributed by atoms with E-state index in [0.717, 1.165) is 29.8 Å². The minimum Gasteiger partial charge on any atom is -0.351 e. The van der Waals surface area contributed by atoms with Crippen LogP contribution in [-0.4, -0.2) is 43.5 Å². The minimum absolute atomic E-state index is 0.0647. The van der Waals surface area contributed by atoms with Crippen LogP contribution in [0.4, 0.5) is 4.39 Å². The molecule has 4 heterocycles. The Balaban J connectivity index is 1.42. The van der Waals surface area contributed by atoms with Crippen molar-refractivity contribution in [3.63, 3.8) is 0 Å². The lowest BCUT2D eigenvalue weighted by molar-refractivity contribution is 0.0699. The number of likely N-dealkylation sites (tertiary alicyclic amines) is 1. The summed E-state index contributed by atoms with van der Waals surface area (Å²) in [5, 5.41) is 9.29. The second kappa shape index (κ2) is 6.19. The van der Waals surface area contributed by atoms with Crippen molar-refractivity contribution in [3.05, 3.63) is 66.0 Å². The average Bonchev–Trinajstić information content (AvgIpc) is 3.31. The van der Waals surface area contributed by atoms with Gasteiger partial charge in [0.2, 0.25) is 0 Å². The molecular formula is C20H18FN5O. The van der Waals surface area contributed by atoms with Gasteiger partial charge in [0.25, 0.3) is 5.91 Å². The molecule has 7 heteroatoms. The Morgan fingerprint density at radius 3 is 3.04 bits per heavy atom. The van der Waals surface area contributed by atoms with E-state index in [-0.39, 0.29) is 17.6 Å². The van der Waals surface area contributed by atoms with Crippen LogP contribution in [0.1, 0.15) is 35.1 Å². The maximum Gasteiger partial charge on any atom is 0.270 e. The fourth-order valence-electron chi connectivity index (χ4n) is 3.90. The number of carbonyl (C=O) groups is 1. The third kappa shape index (κ3) is 2.75. The van der Waals surface area contributed by atoms with Gasteiger partial charge in [0.15, 0.2) is 5.65 Å². The van der Waals surface area contributed by atoms with Crippen LogP contribution in [0, 0.1) is 5.82 Å². The van der Waals surface area contributed by atoms with E-state index >= 15 is 0 Å². The highest BCUT2D eigenvalue weighted by atomic mass is 19.1. The first-order valence-electron chi connectivity index (χ1n) is 9.06. The van der Waals surface area contributed by atoms with Crippen molar-refractivity contribution in [2.45, 2.75) is 18.8 Å². The molecule has 1 atom stereocenters. The number of fused-ring (bicyclic) bond motifs is 2. The Morgan fingerprint density at radius 1 is 1.19 bits per heavy atom. The number of aromatic amines is 1. The molecule has 1 unspecified atom stereocenters. The molecule has 1 aromatic carbocycles. The van der Waals surface area contributed by atoms with Gasteiger partial charge in [-0.1, -0.05) is 6.07 Å². The topological polar surface area (TPSA) is 66.3 Å². The second-order valence-corrected chi connectivity index (χ2v) is 6.99. The van der Waals surface area contributed by atoms with Crippen molar-refractivity contribution in [3.8, 4) is 0 Å². The van der Waals surface area contributed by atoms with E-state index in [4.69, 9.17) is 0 Å². The monoisotopic (exact) mass is 363 g/mol. The van der Waals surface area contributed by atoms with Crippen LogP contribution in [0.3, 0.4) is 0 Å². The standard InChI is InChI=1S/C20H18FN5O/c21-15-6-7-16-14(10-15)11-17(22-16)20(27)25-8-3-4-13(12-25)19-24-23-18-5-1-2-9-26(18)19/h1-2,5-7,9-11,13,22H,3-4,8,12H2. The van der Waals surface area contributed by atoms with Gasteiger partial charge in [-0.2, -0.15) is 0 Å². The Labute approximate surface area is 154 Å². The SMILES string of the molecule is O=C(c1cc2cc(F)ccc2[nH]1)N1CCCC(c2nnc3ccccn23)C1. The van der Waals surface area contributed by atoms with Gasteiger partial charge in [0.05, 0.1) is 0 Å². The third-order valence-electron chi connectivity index (χ3n) is 5.23. The van der Waals surface area contributed by atoms with Gasteiger partial charge < -0.3 is 9.88 Å². The summed E-state index contributed by atoms with van der Waals surface area (Å²) in [7, 11) is 0. The van der Waals surface area contributed by atoms with Crippen LogP contribution >= 0.6 is 0 Å². The highest BCUT2D eigenvalue weighted by Gasteiger charge is 2.29. The van der Waals surface area contributed by atoms with Crippen LogP contribution in [0.2, 0.25) is 0 Å². The predicted molar refractivity (Wildman–Crippen MR) is 99.1 cm³/mol. The summed E-state index contributed by atoms with van der Waals surface area (Å²) in [4.78, 5) is 17.9. The number of piperidine rings is 1. The first-order chi connectivity index (χ1) is 13.2. The Kier molecular flexibility index (Phi) is 3.67. The Hall–Kier alpha value is -3.22. The average molecular weight is 363 g/mol. The van der Waals surface area contributed by atoms with Crippen molar-refractivity contribution in [1.29, 1.82) is 0 Å². The number of benzene rings is 1. The Morgan fingerprint density at radius 2 is 2.11 bits per heavy atom. The summed E-state index contributed by atoms with van der Waals surface area (Å²) in [6.07, 6.45) is 3.84. The van der Waals surface area contributed by atoms with Gasteiger partial charge in [-0.15, -0.1) is 10.2 Å². The van der Waals surface area contributed by atoms with Crippen molar-refractivity contribution in [2.75, 3.05) is 13.1 Å². The summed E-state index contributed by atoms with van der Waals surface area (Å²) in [5.41, 5.74) is 2.06. The molecule has 1 saturated heterocycles. The molecule has 0 bridgehead atoms. The number of pyridine rings is 1. The van der Waals surface area contributed by atoms with E-state index in [0.29, 0.717) is 24.2 Å². The number of carbonyl (C=O) groups excluding carboxylic acids is 1. The molecule has 1 aliphatic heterocycles. The summed E-state index contributed by atoms with van der Waals surface area (Å²) in [6.45, 7) is 1.30. The number of nitrogens with zero attached hydrogens (tertiary/aromatic N) is 4. The molecule has 0 saturated carbocycles. The van der Waals surface area contributed by atoms with Crippen molar-refractivity contribution < 1.29 is 9.18 Å². The number of amides is 1. The quantitative estimate of drug-likeness (QED) is 0.594. The molecular weight excluding hydrogens is 345 g/mol.